The summed E-state index contributed by atoms with van der Waals surface area (Å²) in [5.41, 5.74) is 9.86. The Morgan fingerprint density at radius 2 is 1.76 bits per heavy atom. The molecule has 0 aliphatic carbocycles. The largest absolute Gasteiger partial charge is 0.330 e. The van der Waals surface area contributed by atoms with Gasteiger partial charge in [0, 0.05) is 12.6 Å². The average molecular weight is 234 g/mol. The molecule has 0 fully saturated rings. The van der Waals surface area contributed by atoms with Crippen LogP contribution in [-0.2, 0) is 6.54 Å². The molecule has 0 atom stereocenters. The first-order chi connectivity index (χ1) is 8.06. The van der Waals surface area contributed by atoms with Crippen molar-refractivity contribution in [2.75, 3.05) is 13.1 Å². The molecule has 0 bridgehead atoms. The predicted octanol–water partition coefficient (Wildman–Crippen LogP) is 2.86. The second-order valence-corrected chi connectivity index (χ2v) is 5.08. The third-order valence-electron chi connectivity index (χ3n) is 3.39. The van der Waals surface area contributed by atoms with E-state index >= 15 is 0 Å². The van der Waals surface area contributed by atoms with E-state index in [2.05, 4.69) is 50.8 Å². The highest BCUT2D eigenvalue weighted by molar-refractivity contribution is 5.33. The lowest BCUT2D eigenvalue weighted by molar-refractivity contribution is 0.211. The van der Waals surface area contributed by atoms with Crippen LogP contribution in [0.25, 0.3) is 0 Å². The second-order valence-electron chi connectivity index (χ2n) is 5.08. The summed E-state index contributed by atoms with van der Waals surface area (Å²) in [7, 11) is 0. The number of nitrogens with zero attached hydrogens (tertiary/aromatic N) is 1. The van der Waals surface area contributed by atoms with Crippen LogP contribution in [-0.4, -0.2) is 24.0 Å². The van der Waals surface area contributed by atoms with Crippen LogP contribution in [0.1, 0.15) is 37.0 Å². The molecule has 0 heterocycles. The Labute approximate surface area is 106 Å². The molecule has 0 amide bonds. The molecule has 17 heavy (non-hydrogen) atoms. The lowest BCUT2D eigenvalue weighted by Crippen LogP contribution is -2.32. The van der Waals surface area contributed by atoms with Crippen LogP contribution in [0.5, 0.6) is 0 Å². The zero-order valence-electron chi connectivity index (χ0n) is 11.7. The van der Waals surface area contributed by atoms with E-state index < -0.39 is 0 Å². The number of benzene rings is 1. The lowest BCUT2D eigenvalue weighted by atomic mass is 10.0. The first-order valence-electron chi connectivity index (χ1n) is 6.55. The van der Waals surface area contributed by atoms with Gasteiger partial charge >= 0.3 is 0 Å². The number of aryl methyl sites for hydroxylation is 2. The van der Waals surface area contributed by atoms with Crippen molar-refractivity contribution in [2.45, 2.75) is 46.7 Å². The molecule has 2 N–H and O–H groups in total. The second kappa shape index (κ2) is 6.77. The Morgan fingerprint density at radius 3 is 2.24 bits per heavy atom. The molecular weight excluding hydrogens is 208 g/mol. The molecule has 0 saturated carbocycles. The van der Waals surface area contributed by atoms with Crippen LogP contribution >= 0.6 is 0 Å². The minimum Gasteiger partial charge on any atom is -0.330 e. The van der Waals surface area contributed by atoms with Gasteiger partial charge in [-0.25, -0.2) is 0 Å². The van der Waals surface area contributed by atoms with Crippen LogP contribution in [0.3, 0.4) is 0 Å². The van der Waals surface area contributed by atoms with E-state index in [1.807, 2.05) is 0 Å². The first kappa shape index (κ1) is 14.2. The molecule has 1 rings (SSSR count). The molecule has 0 unspecified atom stereocenters. The zero-order valence-corrected chi connectivity index (χ0v) is 11.7. The maximum atomic E-state index is 5.60. The van der Waals surface area contributed by atoms with Crippen molar-refractivity contribution < 1.29 is 0 Å². The van der Waals surface area contributed by atoms with E-state index in [0.29, 0.717) is 6.04 Å². The highest BCUT2D eigenvalue weighted by atomic mass is 15.1. The van der Waals surface area contributed by atoms with Crippen molar-refractivity contribution in [3.05, 3.63) is 34.9 Å². The van der Waals surface area contributed by atoms with Crippen LogP contribution in [0.4, 0.5) is 0 Å². The van der Waals surface area contributed by atoms with Gasteiger partial charge in [-0.3, -0.25) is 4.90 Å². The van der Waals surface area contributed by atoms with E-state index in [1.54, 1.807) is 0 Å². The molecule has 2 nitrogen and oxygen atoms in total. The zero-order chi connectivity index (χ0) is 12.8. The molecular formula is C15H26N2. The Balaban J connectivity index is 2.78. The lowest BCUT2D eigenvalue weighted by Gasteiger charge is -2.27. The molecule has 0 saturated heterocycles. The highest BCUT2D eigenvalue weighted by Gasteiger charge is 2.12. The van der Waals surface area contributed by atoms with Gasteiger partial charge < -0.3 is 5.73 Å². The molecule has 0 aromatic heterocycles. The Kier molecular flexibility index (Phi) is 5.66. The van der Waals surface area contributed by atoms with Crippen LogP contribution in [0, 0.1) is 13.8 Å². The van der Waals surface area contributed by atoms with Crippen molar-refractivity contribution >= 4 is 0 Å². The van der Waals surface area contributed by atoms with E-state index in [4.69, 9.17) is 5.73 Å². The number of rotatable bonds is 6. The standard InChI is InChI=1S/C15H26N2/c1-12(2)17(10-6-9-16)11-15-13(3)7-5-8-14(15)4/h5,7-8,12H,6,9-11,16H2,1-4H3. The molecule has 1 aromatic carbocycles. The van der Waals surface area contributed by atoms with E-state index in [-0.39, 0.29) is 0 Å². The van der Waals surface area contributed by atoms with Gasteiger partial charge in [-0.15, -0.1) is 0 Å². The molecule has 0 radical (unpaired) electrons. The monoisotopic (exact) mass is 234 g/mol. The van der Waals surface area contributed by atoms with E-state index in [9.17, 15) is 0 Å². The fourth-order valence-electron chi connectivity index (χ4n) is 2.12. The maximum Gasteiger partial charge on any atom is 0.0241 e. The van der Waals surface area contributed by atoms with Crippen LogP contribution in [0.2, 0.25) is 0 Å². The van der Waals surface area contributed by atoms with Gasteiger partial charge in [0.2, 0.25) is 0 Å². The minimum absolute atomic E-state index is 0.570. The van der Waals surface area contributed by atoms with Gasteiger partial charge in [-0.05, 0) is 63.9 Å². The fourth-order valence-corrected chi connectivity index (χ4v) is 2.12. The summed E-state index contributed by atoms with van der Waals surface area (Å²) in [6.07, 6.45) is 1.07. The fraction of sp³-hybridized carbons (Fsp3) is 0.600. The molecule has 2 heteroatoms. The van der Waals surface area contributed by atoms with Gasteiger partial charge in [-0.2, -0.15) is 0 Å². The Bertz CT molecular complexity index is 325. The summed E-state index contributed by atoms with van der Waals surface area (Å²) in [6.45, 7) is 11.8. The summed E-state index contributed by atoms with van der Waals surface area (Å²) >= 11 is 0. The van der Waals surface area contributed by atoms with Crippen molar-refractivity contribution in [1.82, 2.24) is 4.90 Å². The summed E-state index contributed by atoms with van der Waals surface area (Å²) < 4.78 is 0. The topological polar surface area (TPSA) is 29.3 Å². The molecule has 1 aromatic rings. The third kappa shape index (κ3) is 4.14. The Hall–Kier alpha value is -0.860. The number of hydrogen-bond donors (Lipinski definition) is 1. The van der Waals surface area contributed by atoms with Crippen molar-refractivity contribution in [2.24, 2.45) is 5.73 Å². The maximum absolute atomic E-state index is 5.60. The van der Waals surface area contributed by atoms with Crippen LogP contribution in [0.15, 0.2) is 18.2 Å². The van der Waals surface area contributed by atoms with Gasteiger partial charge in [-0.1, -0.05) is 18.2 Å². The summed E-state index contributed by atoms with van der Waals surface area (Å²) in [4.78, 5) is 2.50. The molecule has 0 aliphatic heterocycles. The van der Waals surface area contributed by atoms with E-state index in [0.717, 1.165) is 26.1 Å². The van der Waals surface area contributed by atoms with Crippen molar-refractivity contribution in [3.63, 3.8) is 0 Å². The number of hydrogen-bond acceptors (Lipinski definition) is 2. The summed E-state index contributed by atoms with van der Waals surface area (Å²) in [5.74, 6) is 0. The SMILES string of the molecule is Cc1cccc(C)c1CN(CCCN)C(C)C. The predicted molar refractivity (Wildman–Crippen MR) is 75.1 cm³/mol. The first-order valence-corrected chi connectivity index (χ1v) is 6.55. The quantitative estimate of drug-likeness (QED) is 0.820. The van der Waals surface area contributed by atoms with Crippen molar-refractivity contribution in [3.8, 4) is 0 Å². The van der Waals surface area contributed by atoms with E-state index in [1.165, 1.54) is 16.7 Å². The molecule has 0 aliphatic rings. The molecule has 0 spiro atoms. The summed E-state index contributed by atoms with van der Waals surface area (Å²) in [5, 5.41) is 0. The summed E-state index contributed by atoms with van der Waals surface area (Å²) in [6, 6.07) is 7.10. The van der Waals surface area contributed by atoms with Gasteiger partial charge in [0.05, 0.1) is 0 Å². The normalized spacial score (nSPS) is 11.5. The van der Waals surface area contributed by atoms with Gasteiger partial charge in [0.25, 0.3) is 0 Å². The smallest absolute Gasteiger partial charge is 0.0241 e. The Morgan fingerprint density at radius 1 is 1.18 bits per heavy atom. The van der Waals surface area contributed by atoms with Gasteiger partial charge in [0.1, 0.15) is 0 Å². The minimum atomic E-state index is 0.570. The third-order valence-corrected chi connectivity index (χ3v) is 3.39. The molecule has 96 valence electrons. The average Bonchev–Trinajstić information content (AvgIpc) is 2.27. The van der Waals surface area contributed by atoms with Crippen LogP contribution < -0.4 is 5.73 Å². The number of nitrogens with two attached hydrogens (primary N) is 1. The van der Waals surface area contributed by atoms with Crippen molar-refractivity contribution in [1.29, 1.82) is 0 Å². The highest BCUT2D eigenvalue weighted by Crippen LogP contribution is 2.17. The van der Waals surface area contributed by atoms with Gasteiger partial charge in [0.15, 0.2) is 0 Å².